The third-order valence-corrected chi connectivity index (χ3v) is 24.8. The molecule has 17 nitrogen and oxygen atoms in total. The highest BCUT2D eigenvalue weighted by molar-refractivity contribution is 7.08. The standard InChI is InChI=1S/C29H31FO2Si.C19H16O5S.C16H18O5S.C15H16O5S/c1-21-19-27(31)26(20-22-15-17-23(30)18-16-22)28(21)32-33(29(2,3)4,24-11-7-5-8-12-24)25-13-9-6-10-14-25;1-11-8-16(20)15(9-12-6-7-25-10-12)17(11)24-19(23)14-5-3-2-4-13(14)18(21)22;1-9-5-13(17)12(7-11-3-4-22-8-11)15(9)21-16(20)10(2)6-14(18)19;1-9-6-12(16)11(7-10-4-5-21-8-10)15(9)20-14(19)3-2-13(17)18/h5-18,20-21,28H,19H2,1-4H3;2-7,9-11,17H,8H2,1H3,(H,21,22);3-4,7-10,15H,5-6H2,1-2H3,(H,18,19);4-5,7-9,15H,2-3,6H2,1H3,(H,17,18). The maximum atomic E-state index is 13.4. The van der Waals surface area contributed by atoms with Gasteiger partial charge in [-0.25, -0.2) is 14.0 Å². The van der Waals surface area contributed by atoms with Crippen LogP contribution in [0.4, 0.5) is 4.39 Å². The minimum absolute atomic E-state index is 0.0172. The SMILES string of the molecule is CC(CC(=O)O)C(=O)OC1C(=Cc2ccsc2)C(=O)CC1C.CC1CC(=O)C(=Cc2ccc(F)cc2)C1O[Si](c1ccccc1)(c1ccccc1)C(C)(C)C.CC1CC(=O)C(=Cc2ccsc2)C1OC(=O)CCC(=O)O.CC1CC(=O)C(=Cc2ccsc2)C1OC(=O)c1ccccc1C(=O)O. The molecule has 4 aliphatic rings. The van der Waals surface area contributed by atoms with E-state index in [1.54, 1.807) is 42.5 Å². The smallest absolute Gasteiger partial charge is 0.339 e. The zero-order valence-electron chi connectivity index (χ0n) is 57.2. The number of hydrogen-bond acceptors (Lipinski definition) is 17. The van der Waals surface area contributed by atoms with Crippen molar-refractivity contribution in [3.05, 3.63) is 221 Å². The molecule has 4 saturated carbocycles. The van der Waals surface area contributed by atoms with Crippen LogP contribution in [0, 0.1) is 35.4 Å². The van der Waals surface area contributed by atoms with Crippen LogP contribution in [0.1, 0.15) is 143 Å². The lowest BCUT2D eigenvalue weighted by Gasteiger charge is -2.45. The van der Waals surface area contributed by atoms with E-state index in [2.05, 4.69) is 76.2 Å². The molecular weight excluding hydrogens is 1360 g/mol. The second kappa shape index (κ2) is 35.2. The first-order valence-corrected chi connectivity index (χ1v) is 37.8. The number of ketones is 4. The van der Waals surface area contributed by atoms with Crippen molar-refractivity contribution in [2.75, 3.05) is 0 Å². The Hall–Kier alpha value is -9.45. The summed E-state index contributed by atoms with van der Waals surface area (Å²) in [7, 11) is -2.81. The molecule has 4 aliphatic carbocycles. The topological polar surface area (TPSA) is 268 Å². The minimum Gasteiger partial charge on any atom is -0.481 e. The Balaban J connectivity index is 0.000000174. The Morgan fingerprint density at radius 2 is 0.881 bits per heavy atom. The highest BCUT2D eigenvalue weighted by Gasteiger charge is 2.54. The molecule has 0 amide bonds. The molecule has 0 aliphatic heterocycles. The fraction of sp³-hybridized carbons (Fsp3) is 0.316. The molecule has 0 radical (unpaired) electrons. The molecule has 3 N–H and O–H groups in total. The van der Waals surface area contributed by atoms with Gasteiger partial charge in [-0.3, -0.25) is 38.4 Å². The van der Waals surface area contributed by atoms with Crippen LogP contribution in [-0.2, 0) is 57.0 Å². The predicted octanol–water partition coefficient (Wildman–Crippen LogP) is 14.7. The van der Waals surface area contributed by atoms with E-state index in [0.717, 1.165) is 22.3 Å². The van der Waals surface area contributed by atoms with Crippen LogP contribution in [0.15, 0.2) is 182 Å². The van der Waals surface area contributed by atoms with Gasteiger partial charge in [-0.15, -0.1) is 0 Å². The molecule has 3 heterocycles. The highest BCUT2D eigenvalue weighted by Crippen LogP contribution is 2.43. The molecule has 0 spiro atoms. The van der Waals surface area contributed by atoms with Crippen LogP contribution < -0.4 is 10.4 Å². The van der Waals surface area contributed by atoms with Gasteiger partial charge in [-0.2, -0.15) is 34.0 Å². The second-order valence-corrected chi connectivity index (χ2v) is 33.2. The fourth-order valence-corrected chi connectivity index (χ4v) is 19.2. The molecule has 0 bridgehead atoms. The number of aromatic carboxylic acids is 1. The van der Waals surface area contributed by atoms with Crippen LogP contribution in [0.3, 0.4) is 0 Å². The quantitative estimate of drug-likeness (QED) is 0.0294. The molecule has 528 valence electrons. The van der Waals surface area contributed by atoms with Crippen molar-refractivity contribution < 1.29 is 86.3 Å². The van der Waals surface area contributed by atoms with Gasteiger partial charge >= 0.3 is 35.8 Å². The molecule has 0 saturated heterocycles. The van der Waals surface area contributed by atoms with Gasteiger partial charge in [0.05, 0.1) is 42.4 Å². The maximum Gasteiger partial charge on any atom is 0.339 e. The van der Waals surface area contributed by atoms with Gasteiger partial charge in [0.15, 0.2) is 23.1 Å². The van der Waals surface area contributed by atoms with Crippen molar-refractivity contribution in [3.63, 3.8) is 0 Å². The Morgan fingerprint density at radius 3 is 1.28 bits per heavy atom. The van der Waals surface area contributed by atoms with Crippen molar-refractivity contribution in [3.8, 4) is 0 Å². The lowest BCUT2D eigenvalue weighted by molar-refractivity contribution is -0.156. The van der Waals surface area contributed by atoms with Gasteiger partial charge < -0.3 is 34.0 Å². The average molecular weight is 1450 g/mol. The van der Waals surface area contributed by atoms with Gasteiger partial charge in [0.2, 0.25) is 0 Å². The van der Waals surface area contributed by atoms with Crippen LogP contribution in [0.2, 0.25) is 5.04 Å². The van der Waals surface area contributed by atoms with Crippen molar-refractivity contribution in [1.29, 1.82) is 0 Å². The number of aliphatic carboxylic acids is 2. The molecule has 3 aromatic heterocycles. The van der Waals surface area contributed by atoms with Gasteiger partial charge in [0, 0.05) is 65.7 Å². The van der Waals surface area contributed by atoms with Gasteiger partial charge in [0.25, 0.3) is 8.32 Å². The average Bonchev–Trinajstić information content (AvgIpc) is 1.73. The summed E-state index contributed by atoms with van der Waals surface area (Å²) in [4.78, 5) is 118. The molecule has 4 fully saturated rings. The molecule has 9 atom stereocenters. The molecular formula is C79H81FO17S3Si. The van der Waals surface area contributed by atoms with E-state index in [9.17, 15) is 57.4 Å². The number of ether oxygens (including phenoxy) is 3. The third-order valence-electron chi connectivity index (χ3n) is 17.7. The summed E-state index contributed by atoms with van der Waals surface area (Å²) in [6, 6.07) is 38.8. The van der Waals surface area contributed by atoms with E-state index in [-0.39, 0.29) is 94.2 Å². The number of Topliss-reactive ketones (excluding diaryl/α,β-unsaturated/α-hetero) is 4. The number of halogens is 1. The number of carbonyl (C=O) groups is 10. The van der Waals surface area contributed by atoms with E-state index in [0.29, 0.717) is 48.0 Å². The zero-order valence-corrected chi connectivity index (χ0v) is 60.7. The number of rotatable bonds is 19. The largest absolute Gasteiger partial charge is 0.481 e. The first-order chi connectivity index (χ1) is 48.0. The highest BCUT2D eigenvalue weighted by atomic mass is 32.1. The van der Waals surface area contributed by atoms with Crippen LogP contribution in [0.25, 0.3) is 24.3 Å². The second-order valence-electron chi connectivity index (χ2n) is 26.6. The Bertz CT molecular complexity index is 4190. The molecule has 22 heteroatoms. The predicted molar refractivity (Wildman–Crippen MR) is 390 cm³/mol. The fourth-order valence-electron chi connectivity index (χ4n) is 12.6. The Kier molecular flexibility index (Phi) is 27.0. The van der Waals surface area contributed by atoms with Crippen molar-refractivity contribution in [2.45, 2.75) is 130 Å². The van der Waals surface area contributed by atoms with E-state index in [1.165, 1.54) is 75.6 Å². The summed E-state index contributed by atoms with van der Waals surface area (Å²) in [6.45, 7) is 15.9. The first-order valence-electron chi connectivity index (χ1n) is 33.0. The summed E-state index contributed by atoms with van der Waals surface area (Å²) in [5.74, 6) is -6.48. The molecule has 7 aromatic rings. The lowest BCUT2D eigenvalue weighted by Crippen LogP contribution is -2.68. The van der Waals surface area contributed by atoms with Crippen LogP contribution >= 0.6 is 34.0 Å². The number of thiophene rings is 3. The summed E-state index contributed by atoms with van der Waals surface area (Å²) in [5, 5.41) is 40.2. The number of esters is 3. The normalized spacial score (nSPS) is 22.2. The Morgan fingerprint density at radius 1 is 0.495 bits per heavy atom. The molecule has 101 heavy (non-hydrogen) atoms. The van der Waals surface area contributed by atoms with E-state index in [4.69, 9.17) is 28.8 Å². The van der Waals surface area contributed by atoms with Gasteiger partial charge in [-0.1, -0.05) is 140 Å². The summed E-state index contributed by atoms with van der Waals surface area (Å²) in [5.41, 5.74) is 5.48. The number of carboxylic acid groups (broad SMARTS) is 3. The number of carboxylic acids is 3. The monoisotopic (exact) mass is 1440 g/mol. The van der Waals surface area contributed by atoms with Crippen LogP contribution in [0.5, 0.6) is 0 Å². The lowest BCUT2D eigenvalue weighted by atomic mass is 10.0. The molecule has 9 unspecified atom stereocenters. The number of carbonyl (C=O) groups excluding carboxylic acids is 7. The first kappa shape index (κ1) is 77.3. The third kappa shape index (κ3) is 20.2. The van der Waals surface area contributed by atoms with Gasteiger partial charge in [0.1, 0.15) is 24.1 Å². The number of hydrogen-bond donors (Lipinski definition) is 3. The number of benzene rings is 4. The van der Waals surface area contributed by atoms with Crippen LogP contribution in [-0.4, -0.2) is 107 Å². The van der Waals surface area contributed by atoms with E-state index in [1.807, 2.05) is 89.5 Å². The molecule has 4 aromatic carbocycles. The van der Waals surface area contributed by atoms with E-state index < -0.39 is 68.4 Å². The summed E-state index contributed by atoms with van der Waals surface area (Å²) >= 11 is 4.56. The van der Waals surface area contributed by atoms with Crippen molar-refractivity contribution >= 4 is 136 Å². The maximum absolute atomic E-state index is 13.4. The zero-order chi connectivity index (χ0) is 73.3. The van der Waals surface area contributed by atoms with Crippen molar-refractivity contribution in [1.82, 2.24) is 0 Å². The van der Waals surface area contributed by atoms with Gasteiger partial charge in [-0.05, 0) is 143 Å². The summed E-state index contributed by atoms with van der Waals surface area (Å²) in [6.07, 6.45) is 5.63. The van der Waals surface area contributed by atoms with E-state index >= 15 is 0 Å². The molecule has 11 rings (SSSR count). The minimum atomic E-state index is -2.81. The summed E-state index contributed by atoms with van der Waals surface area (Å²) < 4.78 is 37.0. The van der Waals surface area contributed by atoms with Crippen molar-refractivity contribution in [2.24, 2.45) is 29.6 Å². The Labute approximate surface area is 599 Å².